The van der Waals surface area contributed by atoms with E-state index in [-0.39, 0.29) is 5.91 Å². The third-order valence-electron chi connectivity index (χ3n) is 4.49. The van der Waals surface area contributed by atoms with Gasteiger partial charge in [-0.2, -0.15) is 0 Å². The summed E-state index contributed by atoms with van der Waals surface area (Å²) in [5, 5.41) is 10.8. The van der Waals surface area contributed by atoms with E-state index in [4.69, 9.17) is 11.6 Å². The van der Waals surface area contributed by atoms with Gasteiger partial charge in [0.25, 0.3) is 5.91 Å². The minimum Gasteiger partial charge on any atom is -0.388 e. The summed E-state index contributed by atoms with van der Waals surface area (Å²) in [6.45, 7) is 0.503. The molecule has 0 unspecified atom stereocenters. The average Bonchev–Trinajstić information content (AvgIpc) is 2.83. The Morgan fingerprint density at radius 2 is 2.18 bits per heavy atom. The SMILES string of the molecule is O=C1c2ccc(Cl)cc2CN1c1cncc2c1CCC[C@H]2O. The van der Waals surface area contributed by atoms with Crippen molar-refractivity contribution in [3.63, 3.8) is 0 Å². The molecule has 0 saturated heterocycles. The van der Waals surface area contributed by atoms with Crippen molar-refractivity contribution in [2.45, 2.75) is 31.9 Å². The van der Waals surface area contributed by atoms with Gasteiger partial charge in [0.2, 0.25) is 0 Å². The highest BCUT2D eigenvalue weighted by molar-refractivity contribution is 6.31. The Kier molecular flexibility index (Phi) is 3.17. The van der Waals surface area contributed by atoms with Crippen LogP contribution in [0.15, 0.2) is 30.6 Å². The Labute approximate surface area is 133 Å². The number of halogens is 1. The number of amides is 1. The second kappa shape index (κ2) is 5.07. The normalized spacial score (nSPS) is 20.0. The highest BCUT2D eigenvalue weighted by Crippen LogP contribution is 2.38. The number of aliphatic hydroxyl groups is 1. The first kappa shape index (κ1) is 13.7. The summed E-state index contributed by atoms with van der Waals surface area (Å²) in [4.78, 5) is 18.6. The molecule has 2 aromatic rings. The number of nitrogens with zero attached hydrogens (tertiary/aromatic N) is 2. The largest absolute Gasteiger partial charge is 0.388 e. The van der Waals surface area contributed by atoms with Crippen LogP contribution in [-0.4, -0.2) is 16.0 Å². The lowest BCUT2D eigenvalue weighted by atomic mass is 9.89. The molecule has 1 N–H and O–H groups in total. The van der Waals surface area contributed by atoms with Crippen molar-refractivity contribution in [2.24, 2.45) is 0 Å². The van der Waals surface area contributed by atoms with Crippen molar-refractivity contribution >= 4 is 23.2 Å². The maximum absolute atomic E-state index is 12.7. The molecule has 1 atom stereocenters. The first-order valence-electron chi connectivity index (χ1n) is 7.40. The van der Waals surface area contributed by atoms with Crippen molar-refractivity contribution in [3.8, 4) is 0 Å². The molecular weight excluding hydrogens is 300 g/mol. The monoisotopic (exact) mass is 314 g/mol. The second-order valence-corrected chi connectivity index (χ2v) is 6.26. The molecule has 22 heavy (non-hydrogen) atoms. The Hall–Kier alpha value is -1.91. The molecule has 112 valence electrons. The molecule has 0 radical (unpaired) electrons. The molecule has 1 aromatic heterocycles. The van der Waals surface area contributed by atoms with Crippen molar-refractivity contribution < 1.29 is 9.90 Å². The molecular formula is C17H15ClN2O2. The standard InChI is InChI=1S/C17H15ClN2O2/c18-11-4-5-12-10(6-11)9-20(17(12)22)15-8-19-7-14-13(15)2-1-3-16(14)21/h4-8,16,21H,1-3,9H2/t16-/m1/s1. The Morgan fingerprint density at radius 3 is 3.05 bits per heavy atom. The molecule has 2 heterocycles. The highest BCUT2D eigenvalue weighted by Gasteiger charge is 2.32. The predicted molar refractivity (Wildman–Crippen MR) is 84.1 cm³/mol. The molecule has 0 saturated carbocycles. The summed E-state index contributed by atoms with van der Waals surface area (Å²) in [6.07, 6.45) is 5.50. The van der Waals surface area contributed by atoms with E-state index in [1.165, 1.54) is 0 Å². The van der Waals surface area contributed by atoms with Crippen molar-refractivity contribution in [1.82, 2.24) is 4.98 Å². The Morgan fingerprint density at radius 1 is 1.32 bits per heavy atom. The number of rotatable bonds is 1. The fourth-order valence-corrected chi connectivity index (χ4v) is 3.59. The number of pyridine rings is 1. The van der Waals surface area contributed by atoms with Crippen LogP contribution in [0.2, 0.25) is 5.02 Å². The van der Waals surface area contributed by atoms with Gasteiger partial charge in [-0.15, -0.1) is 0 Å². The molecule has 0 spiro atoms. The average molecular weight is 315 g/mol. The van der Waals surface area contributed by atoms with Gasteiger partial charge < -0.3 is 10.0 Å². The molecule has 4 nitrogen and oxygen atoms in total. The Bertz CT molecular complexity index is 775. The van der Waals surface area contributed by atoms with Gasteiger partial charge in [0.1, 0.15) is 0 Å². The van der Waals surface area contributed by atoms with Crippen LogP contribution in [0.3, 0.4) is 0 Å². The van der Waals surface area contributed by atoms with Crippen LogP contribution in [0.1, 0.15) is 46.0 Å². The zero-order valence-electron chi connectivity index (χ0n) is 11.9. The molecule has 1 aromatic carbocycles. The molecule has 0 bridgehead atoms. The van der Waals surface area contributed by atoms with Gasteiger partial charge in [-0.25, -0.2) is 0 Å². The minimum absolute atomic E-state index is 0.0260. The van der Waals surface area contributed by atoms with Crippen LogP contribution in [0.25, 0.3) is 0 Å². The van der Waals surface area contributed by atoms with E-state index < -0.39 is 6.10 Å². The van der Waals surface area contributed by atoms with E-state index in [2.05, 4.69) is 4.98 Å². The molecule has 1 amide bonds. The smallest absolute Gasteiger partial charge is 0.258 e. The number of carbonyl (C=O) groups excluding carboxylic acids is 1. The summed E-state index contributed by atoms with van der Waals surface area (Å²) in [5.74, 6) is -0.0260. The van der Waals surface area contributed by atoms with Gasteiger partial charge in [0, 0.05) is 22.3 Å². The van der Waals surface area contributed by atoms with Crippen LogP contribution in [0.4, 0.5) is 5.69 Å². The molecule has 4 rings (SSSR count). The van der Waals surface area contributed by atoms with Crippen LogP contribution < -0.4 is 4.90 Å². The van der Waals surface area contributed by atoms with Crippen molar-refractivity contribution in [2.75, 3.05) is 4.90 Å². The zero-order valence-corrected chi connectivity index (χ0v) is 12.7. The van der Waals surface area contributed by atoms with E-state index in [1.807, 2.05) is 6.07 Å². The summed E-state index contributed by atoms with van der Waals surface area (Å²) in [5.41, 5.74) is 4.34. The van der Waals surface area contributed by atoms with Crippen LogP contribution in [0, 0.1) is 0 Å². The maximum Gasteiger partial charge on any atom is 0.258 e. The molecule has 0 fully saturated rings. The zero-order chi connectivity index (χ0) is 15.3. The van der Waals surface area contributed by atoms with Gasteiger partial charge in [-0.1, -0.05) is 11.6 Å². The minimum atomic E-state index is -0.481. The summed E-state index contributed by atoms with van der Waals surface area (Å²) in [7, 11) is 0. The topological polar surface area (TPSA) is 53.4 Å². The number of hydrogen-bond donors (Lipinski definition) is 1. The first-order valence-corrected chi connectivity index (χ1v) is 7.78. The quantitative estimate of drug-likeness (QED) is 0.879. The molecule has 1 aliphatic heterocycles. The highest BCUT2D eigenvalue weighted by atomic mass is 35.5. The van der Waals surface area contributed by atoms with Crippen molar-refractivity contribution in [3.05, 3.63) is 57.9 Å². The fraction of sp³-hybridized carbons (Fsp3) is 0.294. The summed E-state index contributed by atoms with van der Waals surface area (Å²) >= 11 is 6.02. The summed E-state index contributed by atoms with van der Waals surface area (Å²) in [6, 6.07) is 5.36. The third kappa shape index (κ3) is 2.02. The van der Waals surface area contributed by atoms with Gasteiger partial charge in [-0.3, -0.25) is 9.78 Å². The number of fused-ring (bicyclic) bond motifs is 2. The molecule has 5 heteroatoms. The number of hydrogen-bond acceptors (Lipinski definition) is 3. The van der Waals surface area contributed by atoms with Crippen molar-refractivity contribution in [1.29, 1.82) is 0 Å². The van der Waals surface area contributed by atoms with E-state index in [1.54, 1.807) is 29.4 Å². The van der Waals surface area contributed by atoms with Crippen LogP contribution >= 0.6 is 11.6 Å². The maximum atomic E-state index is 12.7. The lowest BCUT2D eigenvalue weighted by Crippen LogP contribution is -2.26. The lowest BCUT2D eigenvalue weighted by Gasteiger charge is -2.26. The van der Waals surface area contributed by atoms with Gasteiger partial charge in [0.15, 0.2) is 0 Å². The van der Waals surface area contributed by atoms with E-state index in [0.29, 0.717) is 17.1 Å². The third-order valence-corrected chi connectivity index (χ3v) is 4.73. The number of benzene rings is 1. The van der Waals surface area contributed by atoms with E-state index in [9.17, 15) is 9.90 Å². The number of carbonyl (C=O) groups is 1. The number of anilines is 1. The van der Waals surface area contributed by atoms with Gasteiger partial charge >= 0.3 is 0 Å². The predicted octanol–water partition coefficient (Wildman–Crippen LogP) is 3.27. The Balaban J connectivity index is 1.79. The van der Waals surface area contributed by atoms with Crippen LogP contribution in [0.5, 0.6) is 0 Å². The second-order valence-electron chi connectivity index (χ2n) is 5.83. The summed E-state index contributed by atoms with van der Waals surface area (Å²) < 4.78 is 0. The lowest BCUT2D eigenvalue weighted by molar-refractivity contribution is 0.0995. The molecule has 1 aliphatic carbocycles. The van der Waals surface area contributed by atoms with Crippen LogP contribution in [-0.2, 0) is 13.0 Å². The number of aromatic nitrogens is 1. The fourth-order valence-electron chi connectivity index (χ4n) is 3.40. The van der Waals surface area contributed by atoms with E-state index >= 15 is 0 Å². The van der Waals surface area contributed by atoms with Gasteiger partial charge in [0.05, 0.1) is 24.5 Å². The number of aliphatic hydroxyl groups excluding tert-OH is 1. The first-order chi connectivity index (χ1) is 10.6. The van der Waals surface area contributed by atoms with Gasteiger partial charge in [-0.05, 0) is 48.6 Å². The van der Waals surface area contributed by atoms with E-state index in [0.717, 1.165) is 41.6 Å². The molecule has 2 aliphatic rings.